The summed E-state index contributed by atoms with van der Waals surface area (Å²) in [6.07, 6.45) is 0. The standard InChI is InChI=1S/C20H27N3O2S/c1-3-25-19-9-5-4-8-18(19)23-12-10-22(11-13-23)16(2)20(24)21-15-17-7-6-14-26-17/h4-9,14,16H,3,10-13,15H2,1-2H3,(H,21,24). The van der Waals surface area contributed by atoms with Crippen LogP contribution in [-0.4, -0.2) is 49.6 Å². The molecule has 0 aliphatic carbocycles. The van der Waals surface area contributed by atoms with Crippen molar-refractivity contribution in [2.45, 2.75) is 26.4 Å². The van der Waals surface area contributed by atoms with Crippen LogP contribution in [0.1, 0.15) is 18.7 Å². The molecule has 0 spiro atoms. The van der Waals surface area contributed by atoms with Crippen molar-refractivity contribution in [3.8, 4) is 5.75 Å². The van der Waals surface area contributed by atoms with Gasteiger partial charge in [-0.05, 0) is 37.4 Å². The van der Waals surface area contributed by atoms with Gasteiger partial charge in [-0.25, -0.2) is 0 Å². The number of carbonyl (C=O) groups excluding carboxylic acids is 1. The Balaban J connectivity index is 1.52. The topological polar surface area (TPSA) is 44.8 Å². The first-order chi connectivity index (χ1) is 12.7. The molecule has 1 aromatic carbocycles. The first-order valence-corrected chi connectivity index (χ1v) is 10.1. The van der Waals surface area contributed by atoms with Crippen LogP contribution in [0.25, 0.3) is 0 Å². The Bertz CT molecular complexity index is 697. The van der Waals surface area contributed by atoms with Gasteiger partial charge in [0.2, 0.25) is 5.91 Å². The van der Waals surface area contributed by atoms with Crippen molar-refractivity contribution in [1.82, 2.24) is 10.2 Å². The number of para-hydroxylation sites is 2. The van der Waals surface area contributed by atoms with Crippen LogP contribution < -0.4 is 15.0 Å². The Morgan fingerprint density at radius 3 is 2.65 bits per heavy atom. The van der Waals surface area contributed by atoms with Crippen LogP contribution in [0.4, 0.5) is 5.69 Å². The Labute approximate surface area is 159 Å². The van der Waals surface area contributed by atoms with Gasteiger partial charge in [0.05, 0.1) is 24.9 Å². The fourth-order valence-corrected chi connectivity index (χ4v) is 3.89. The normalized spacial score (nSPS) is 16.3. The molecule has 0 saturated carbocycles. The molecule has 1 saturated heterocycles. The Morgan fingerprint density at radius 1 is 1.19 bits per heavy atom. The van der Waals surface area contributed by atoms with Gasteiger partial charge in [0, 0.05) is 31.1 Å². The van der Waals surface area contributed by atoms with Crippen LogP contribution in [-0.2, 0) is 11.3 Å². The molecule has 1 atom stereocenters. The highest BCUT2D eigenvalue weighted by atomic mass is 32.1. The maximum absolute atomic E-state index is 12.4. The number of nitrogens with one attached hydrogen (secondary N) is 1. The summed E-state index contributed by atoms with van der Waals surface area (Å²) in [4.78, 5) is 18.2. The number of hydrogen-bond donors (Lipinski definition) is 1. The lowest BCUT2D eigenvalue weighted by atomic mass is 10.2. The molecule has 5 nitrogen and oxygen atoms in total. The van der Waals surface area contributed by atoms with Gasteiger partial charge in [0.15, 0.2) is 0 Å². The minimum Gasteiger partial charge on any atom is -0.492 e. The fourth-order valence-electron chi connectivity index (χ4n) is 3.25. The maximum atomic E-state index is 12.4. The van der Waals surface area contributed by atoms with Crippen molar-refractivity contribution >= 4 is 22.9 Å². The summed E-state index contributed by atoms with van der Waals surface area (Å²) >= 11 is 1.67. The number of anilines is 1. The monoisotopic (exact) mass is 373 g/mol. The molecule has 26 heavy (non-hydrogen) atoms. The maximum Gasteiger partial charge on any atom is 0.237 e. The molecule has 140 valence electrons. The van der Waals surface area contributed by atoms with Crippen molar-refractivity contribution in [1.29, 1.82) is 0 Å². The van der Waals surface area contributed by atoms with E-state index in [0.717, 1.165) is 37.6 Å². The zero-order chi connectivity index (χ0) is 18.4. The molecule has 1 aliphatic rings. The molecule has 1 unspecified atom stereocenters. The van der Waals surface area contributed by atoms with Crippen LogP contribution in [0.5, 0.6) is 5.75 Å². The van der Waals surface area contributed by atoms with Gasteiger partial charge in [-0.1, -0.05) is 18.2 Å². The molecule has 6 heteroatoms. The van der Waals surface area contributed by atoms with E-state index in [4.69, 9.17) is 4.74 Å². The number of carbonyl (C=O) groups is 1. The number of benzene rings is 1. The van der Waals surface area contributed by atoms with E-state index in [-0.39, 0.29) is 11.9 Å². The highest BCUT2D eigenvalue weighted by Gasteiger charge is 2.26. The first kappa shape index (κ1) is 18.7. The molecule has 2 aromatic rings. The second kappa shape index (κ2) is 9.05. The lowest BCUT2D eigenvalue weighted by molar-refractivity contribution is -0.126. The first-order valence-electron chi connectivity index (χ1n) is 9.20. The summed E-state index contributed by atoms with van der Waals surface area (Å²) < 4.78 is 5.75. The third kappa shape index (κ3) is 4.56. The molecule has 0 radical (unpaired) electrons. The van der Waals surface area contributed by atoms with E-state index in [1.807, 2.05) is 49.6 Å². The lowest BCUT2D eigenvalue weighted by Crippen LogP contribution is -2.53. The van der Waals surface area contributed by atoms with E-state index in [9.17, 15) is 4.79 Å². The predicted molar refractivity (Wildman–Crippen MR) is 107 cm³/mol. The summed E-state index contributed by atoms with van der Waals surface area (Å²) in [7, 11) is 0. The molecular weight excluding hydrogens is 346 g/mol. The van der Waals surface area contributed by atoms with E-state index in [1.165, 1.54) is 4.88 Å². The number of amides is 1. The van der Waals surface area contributed by atoms with Crippen LogP contribution in [0.3, 0.4) is 0 Å². The van der Waals surface area contributed by atoms with Crippen LogP contribution in [0, 0.1) is 0 Å². The average Bonchev–Trinajstić information content (AvgIpc) is 3.20. The molecule has 1 N–H and O–H groups in total. The van der Waals surface area contributed by atoms with E-state index >= 15 is 0 Å². The number of hydrogen-bond acceptors (Lipinski definition) is 5. The van der Waals surface area contributed by atoms with Crippen molar-refractivity contribution in [3.63, 3.8) is 0 Å². The van der Waals surface area contributed by atoms with Gasteiger partial charge in [0.25, 0.3) is 0 Å². The third-order valence-electron chi connectivity index (χ3n) is 4.76. The van der Waals surface area contributed by atoms with E-state index in [2.05, 4.69) is 21.2 Å². The van der Waals surface area contributed by atoms with E-state index in [1.54, 1.807) is 11.3 Å². The van der Waals surface area contributed by atoms with Crippen molar-refractivity contribution in [2.24, 2.45) is 0 Å². The molecular formula is C20H27N3O2S. The molecule has 1 aliphatic heterocycles. The van der Waals surface area contributed by atoms with Crippen molar-refractivity contribution in [2.75, 3.05) is 37.7 Å². The van der Waals surface area contributed by atoms with Gasteiger partial charge in [-0.15, -0.1) is 11.3 Å². The van der Waals surface area contributed by atoms with Crippen molar-refractivity contribution in [3.05, 3.63) is 46.7 Å². The molecule has 0 bridgehead atoms. The highest BCUT2D eigenvalue weighted by molar-refractivity contribution is 7.09. The van der Waals surface area contributed by atoms with Gasteiger partial charge < -0.3 is 15.0 Å². The Hall–Kier alpha value is -2.05. The van der Waals surface area contributed by atoms with Crippen LogP contribution in [0.2, 0.25) is 0 Å². The summed E-state index contributed by atoms with van der Waals surface area (Å²) in [5, 5.41) is 5.08. The van der Waals surface area contributed by atoms with Crippen LogP contribution >= 0.6 is 11.3 Å². The number of rotatable bonds is 7. The van der Waals surface area contributed by atoms with Gasteiger partial charge in [-0.3, -0.25) is 9.69 Å². The fraction of sp³-hybridized carbons (Fsp3) is 0.450. The molecule has 3 rings (SSSR count). The zero-order valence-electron chi connectivity index (χ0n) is 15.5. The average molecular weight is 374 g/mol. The second-order valence-corrected chi connectivity index (χ2v) is 7.43. The van der Waals surface area contributed by atoms with E-state index in [0.29, 0.717) is 13.2 Å². The number of thiophene rings is 1. The highest BCUT2D eigenvalue weighted by Crippen LogP contribution is 2.29. The minimum atomic E-state index is -0.112. The van der Waals surface area contributed by atoms with E-state index < -0.39 is 0 Å². The molecule has 2 heterocycles. The predicted octanol–water partition coefficient (Wildman–Crippen LogP) is 2.97. The molecule has 1 aromatic heterocycles. The molecule has 1 fully saturated rings. The SMILES string of the molecule is CCOc1ccccc1N1CCN(C(C)C(=O)NCc2cccs2)CC1. The molecule has 1 amide bonds. The second-order valence-electron chi connectivity index (χ2n) is 6.40. The van der Waals surface area contributed by atoms with Gasteiger partial charge in [-0.2, -0.15) is 0 Å². The lowest BCUT2D eigenvalue weighted by Gasteiger charge is -2.39. The van der Waals surface area contributed by atoms with Crippen molar-refractivity contribution < 1.29 is 9.53 Å². The number of piperazine rings is 1. The third-order valence-corrected chi connectivity index (χ3v) is 5.64. The zero-order valence-corrected chi connectivity index (χ0v) is 16.3. The Kier molecular flexibility index (Phi) is 6.52. The number of ether oxygens (including phenoxy) is 1. The largest absolute Gasteiger partial charge is 0.492 e. The summed E-state index contributed by atoms with van der Waals surface area (Å²) in [6, 6.07) is 12.1. The Morgan fingerprint density at radius 2 is 1.96 bits per heavy atom. The minimum absolute atomic E-state index is 0.0987. The van der Waals surface area contributed by atoms with Gasteiger partial charge in [0.1, 0.15) is 5.75 Å². The summed E-state index contributed by atoms with van der Waals surface area (Å²) in [5.41, 5.74) is 1.14. The van der Waals surface area contributed by atoms with Crippen LogP contribution in [0.15, 0.2) is 41.8 Å². The van der Waals surface area contributed by atoms with Gasteiger partial charge >= 0.3 is 0 Å². The summed E-state index contributed by atoms with van der Waals surface area (Å²) in [6.45, 7) is 8.81. The quantitative estimate of drug-likeness (QED) is 0.810. The summed E-state index contributed by atoms with van der Waals surface area (Å²) in [5.74, 6) is 1.03. The number of nitrogens with zero attached hydrogens (tertiary/aromatic N) is 2. The smallest absolute Gasteiger partial charge is 0.237 e.